The molecule has 20 heavy (non-hydrogen) atoms. The Balaban J connectivity index is 1.89. The van der Waals surface area contributed by atoms with Crippen LogP contribution in [-0.4, -0.2) is 37.0 Å². The van der Waals surface area contributed by atoms with Gasteiger partial charge in [-0.25, -0.2) is 0 Å². The predicted molar refractivity (Wildman–Crippen MR) is 79.8 cm³/mol. The van der Waals surface area contributed by atoms with Crippen LogP contribution in [0.3, 0.4) is 0 Å². The summed E-state index contributed by atoms with van der Waals surface area (Å²) in [5.74, 6) is 0.854. The molecule has 4 nitrogen and oxygen atoms in total. The van der Waals surface area contributed by atoms with Gasteiger partial charge in [-0.05, 0) is 44.0 Å². The summed E-state index contributed by atoms with van der Waals surface area (Å²) in [6, 6.07) is 8.24. The molecule has 0 aliphatic carbocycles. The number of hydrogen-bond acceptors (Lipinski definition) is 3. The smallest absolute Gasteiger partial charge is 0.260 e. The molecule has 0 aromatic heterocycles. The van der Waals surface area contributed by atoms with Crippen molar-refractivity contribution in [3.63, 3.8) is 0 Å². The fourth-order valence-corrected chi connectivity index (χ4v) is 2.50. The molecule has 2 rings (SSSR count). The minimum absolute atomic E-state index is 0.0904. The summed E-state index contributed by atoms with van der Waals surface area (Å²) in [5.41, 5.74) is 1.18. The van der Waals surface area contributed by atoms with E-state index in [-0.39, 0.29) is 18.6 Å². The summed E-state index contributed by atoms with van der Waals surface area (Å²) in [5, 5.41) is 3.37. The maximum atomic E-state index is 11.9. The Bertz CT molecular complexity index is 442. The van der Waals surface area contributed by atoms with Crippen LogP contribution in [0.25, 0.3) is 0 Å². The van der Waals surface area contributed by atoms with Gasteiger partial charge in [0.05, 0.1) is 0 Å². The van der Waals surface area contributed by atoms with Gasteiger partial charge in [0.1, 0.15) is 5.75 Å². The summed E-state index contributed by atoms with van der Waals surface area (Å²) in [6.45, 7) is 7.03. The first kappa shape index (κ1) is 14.9. The van der Waals surface area contributed by atoms with Gasteiger partial charge >= 0.3 is 0 Å². The van der Waals surface area contributed by atoms with Crippen molar-refractivity contribution in [2.75, 3.05) is 26.2 Å². The average molecular weight is 276 g/mol. The van der Waals surface area contributed by atoms with Crippen molar-refractivity contribution in [3.8, 4) is 5.75 Å². The first-order chi connectivity index (χ1) is 9.70. The SMILES string of the molecule is CCNC(C)c1cccc(OCC(=O)N2CCCC2)c1. The van der Waals surface area contributed by atoms with Gasteiger partial charge in [0, 0.05) is 19.1 Å². The second-order valence-corrected chi connectivity index (χ2v) is 5.23. The van der Waals surface area contributed by atoms with Crippen molar-refractivity contribution >= 4 is 5.91 Å². The zero-order valence-electron chi connectivity index (χ0n) is 12.4. The molecule has 1 unspecified atom stereocenters. The van der Waals surface area contributed by atoms with E-state index in [0.717, 1.165) is 38.2 Å². The van der Waals surface area contributed by atoms with Crippen molar-refractivity contribution in [2.45, 2.75) is 32.7 Å². The molecule has 0 saturated carbocycles. The van der Waals surface area contributed by atoms with Crippen molar-refractivity contribution in [1.82, 2.24) is 10.2 Å². The van der Waals surface area contributed by atoms with Crippen LogP contribution < -0.4 is 10.1 Å². The summed E-state index contributed by atoms with van der Waals surface area (Å²) in [4.78, 5) is 13.8. The molecule has 1 saturated heterocycles. The second-order valence-electron chi connectivity index (χ2n) is 5.23. The molecular weight excluding hydrogens is 252 g/mol. The Morgan fingerprint density at radius 2 is 2.15 bits per heavy atom. The van der Waals surface area contributed by atoms with Gasteiger partial charge in [-0.1, -0.05) is 19.1 Å². The van der Waals surface area contributed by atoms with Crippen molar-refractivity contribution < 1.29 is 9.53 Å². The van der Waals surface area contributed by atoms with E-state index in [1.165, 1.54) is 5.56 Å². The van der Waals surface area contributed by atoms with E-state index in [0.29, 0.717) is 0 Å². The first-order valence-corrected chi connectivity index (χ1v) is 7.44. The van der Waals surface area contributed by atoms with Crippen LogP contribution >= 0.6 is 0 Å². The highest BCUT2D eigenvalue weighted by Gasteiger charge is 2.18. The number of carbonyl (C=O) groups excluding carboxylic acids is 1. The molecule has 1 amide bonds. The van der Waals surface area contributed by atoms with Crippen molar-refractivity contribution in [3.05, 3.63) is 29.8 Å². The van der Waals surface area contributed by atoms with Crippen LogP contribution in [0.4, 0.5) is 0 Å². The third kappa shape index (κ3) is 3.97. The summed E-state index contributed by atoms with van der Waals surface area (Å²) >= 11 is 0. The lowest BCUT2D eigenvalue weighted by Gasteiger charge is -2.17. The monoisotopic (exact) mass is 276 g/mol. The number of hydrogen-bond donors (Lipinski definition) is 1. The van der Waals surface area contributed by atoms with Crippen LogP contribution in [0.15, 0.2) is 24.3 Å². The Kier molecular flexibility index (Phi) is 5.41. The molecule has 1 aliphatic heterocycles. The highest BCUT2D eigenvalue weighted by Crippen LogP contribution is 2.19. The molecule has 1 heterocycles. The second kappa shape index (κ2) is 7.29. The molecule has 0 bridgehead atoms. The number of nitrogens with one attached hydrogen (secondary N) is 1. The Hall–Kier alpha value is -1.55. The molecule has 1 aromatic rings. The standard InChI is InChI=1S/C16H24N2O2/c1-3-17-13(2)14-7-6-8-15(11-14)20-12-16(19)18-9-4-5-10-18/h6-8,11,13,17H,3-5,9-10,12H2,1-2H3. The maximum absolute atomic E-state index is 11.9. The highest BCUT2D eigenvalue weighted by atomic mass is 16.5. The van der Waals surface area contributed by atoms with Gasteiger partial charge < -0.3 is 15.0 Å². The number of ether oxygens (including phenoxy) is 1. The number of benzene rings is 1. The van der Waals surface area contributed by atoms with E-state index in [9.17, 15) is 4.79 Å². The third-order valence-corrected chi connectivity index (χ3v) is 3.69. The number of rotatable bonds is 6. The summed E-state index contributed by atoms with van der Waals surface area (Å²) in [6.07, 6.45) is 2.23. The lowest BCUT2D eigenvalue weighted by atomic mass is 10.1. The topological polar surface area (TPSA) is 41.6 Å². The molecule has 4 heteroatoms. The summed E-state index contributed by atoms with van der Waals surface area (Å²) < 4.78 is 5.63. The fourth-order valence-electron chi connectivity index (χ4n) is 2.50. The predicted octanol–water partition coefficient (Wildman–Crippen LogP) is 2.36. The van der Waals surface area contributed by atoms with Gasteiger partial charge in [0.25, 0.3) is 5.91 Å². The molecule has 110 valence electrons. The zero-order chi connectivity index (χ0) is 14.4. The first-order valence-electron chi connectivity index (χ1n) is 7.44. The Morgan fingerprint density at radius 1 is 1.40 bits per heavy atom. The Morgan fingerprint density at radius 3 is 2.85 bits per heavy atom. The lowest BCUT2D eigenvalue weighted by Crippen LogP contribution is -2.32. The molecule has 1 fully saturated rings. The van der Waals surface area contributed by atoms with Gasteiger partial charge in [-0.2, -0.15) is 0 Å². The van der Waals surface area contributed by atoms with Crippen LogP contribution in [0.2, 0.25) is 0 Å². The minimum Gasteiger partial charge on any atom is -0.484 e. The third-order valence-electron chi connectivity index (χ3n) is 3.69. The quantitative estimate of drug-likeness (QED) is 0.867. The van der Waals surface area contributed by atoms with Gasteiger partial charge in [-0.15, -0.1) is 0 Å². The van der Waals surface area contributed by atoms with Gasteiger partial charge in [0.15, 0.2) is 6.61 Å². The fraction of sp³-hybridized carbons (Fsp3) is 0.562. The minimum atomic E-state index is 0.0904. The van der Waals surface area contributed by atoms with E-state index in [1.54, 1.807) is 0 Å². The molecule has 1 aromatic carbocycles. The van der Waals surface area contributed by atoms with Crippen molar-refractivity contribution in [2.24, 2.45) is 0 Å². The van der Waals surface area contributed by atoms with Crippen molar-refractivity contribution in [1.29, 1.82) is 0 Å². The van der Waals surface area contributed by atoms with E-state index < -0.39 is 0 Å². The maximum Gasteiger partial charge on any atom is 0.260 e. The van der Waals surface area contributed by atoms with E-state index in [4.69, 9.17) is 4.74 Å². The van der Waals surface area contributed by atoms with E-state index in [2.05, 4.69) is 25.2 Å². The molecule has 1 atom stereocenters. The number of nitrogens with zero attached hydrogens (tertiary/aromatic N) is 1. The molecule has 1 aliphatic rings. The number of likely N-dealkylation sites (tertiary alicyclic amines) is 1. The molecular formula is C16H24N2O2. The number of amides is 1. The summed E-state index contributed by atoms with van der Waals surface area (Å²) in [7, 11) is 0. The van der Waals surface area contributed by atoms with Gasteiger partial charge in [-0.3, -0.25) is 4.79 Å². The van der Waals surface area contributed by atoms with Crippen LogP contribution in [-0.2, 0) is 4.79 Å². The zero-order valence-corrected chi connectivity index (χ0v) is 12.4. The van der Waals surface area contributed by atoms with E-state index >= 15 is 0 Å². The highest BCUT2D eigenvalue weighted by molar-refractivity contribution is 5.78. The van der Waals surface area contributed by atoms with Crippen LogP contribution in [0.1, 0.15) is 38.3 Å². The largest absolute Gasteiger partial charge is 0.484 e. The van der Waals surface area contributed by atoms with Crippen LogP contribution in [0.5, 0.6) is 5.75 Å². The van der Waals surface area contributed by atoms with Crippen LogP contribution in [0, 0.1) is 0 Å². The van der Waals surface area contributed by atoms with Gasteiger partial charge in [0.2, 0.25) is 0 Å². The lowest BCUT2D eigenvalue weighted by molar-refractivity contribution is -0.132. The Labute approximate surface area is 121 Å². The molecule has 0 spiro atoms. The van der Waals surface area contributed by atoms with E-state index in [1.807, 2.05) is 23.1 Å². The average Bonchev–Trinajstić information content (AvgIpc) is 2.99. The molecule has 1 N–H and O–H groups in total. The number of carbonyl (C=O) groups is 1. The molecule has 0 radical (unpaired) electrons. The normalized spacial score (nSPS) is 16.2.